The lowest BCUT2D eigenvalue weighted by atomic mass is 10.3. The molecule has 1 aromatic heterocycles. The fourth-order valence-electron chi connectivity index (χ4n) is 2.20. The first-order valence-corrected chi connectivity index (χ1v) is 7.62. The highest BCUT2D eigenvalue weighted by molar-refractivity contribution is 5.84. The van der Waals surface area contributed by atoms with Crippen LogP contribution in [0.1, 0.15) is 16.3 Å². The zero-order valence-corrected chi connectivity index (χ0v) is 13.6. The van der Waals surface area contributed by atoms with Crippen molar-refractivity contribution in [3.05, 3.63) is 72.2 Å². The van der Waals surface area contributed by atoms with E-state index in [9.17, 15) is 4.79 Å². The Morgan fingerprint density at radius 3 is 2.12 bits per heavy atom. The molecule has 0 saturated carbocycles. The summed E-state index contributed by atoms with van der Waals surface area (Å²) in [5.41, 5.74) is 0.871. The van der Waals surface area contributed by atoms with Gasteiger partial charge < -0.3 is 24.3 Å². The standard InChI is InChI=1S/C19H17NO5/c1-23-14-6-8-16(9-7-14)24-15-4-2-13(3-5-15)20-12-17-10-11-18(25-17)19(21)22/h2-11,20H,12H2,1H3,(H,21,22). The summed E-state index contributed by atoms with van der Waals surface area (Å²) in [6.07, 6.45) is 0. The highest BCUT2D eigenvalue weighted by Crippen LogP contribution is 2.25. The molecule has 0 aliphatic rings. The third kappa shape index (κ3) is 4.32. The van der Waals surface area contributed by atoms with E-state index in [0.29, 0.717) is 18.1 Å². The number of anilines is 1. The molecule has 128 valence electrons. The van der Waals surface area contributed by atoms with E-state index in [2.05, 4.69) is 5.32 Å². The van der Waals surface area contributed by atoms with E-state index in [1.165, 1.54) is 6.07 Å². The minimum absolute atomic E-state index is 0.0694. The summed E-state index contributed by atoms with van der Waals surface area (Å²) in [4.78, 5) is 10.8. The molecule has 0 amide bonds. The Hall–Kier alpha value is -3.41. The second-order valence-corrected chi connectivity index (χ2v) is 5.23. The number of carbonyl (C=O) groups is 1. The van der Waals surface area contributed by atoms with Gasteiger partial charge >= 0.3 is 5.97 Å². The monoisotopic (exact) mass is 339 g/mol. The maximum absolute atomic E-state index is 10.8. The SMILES string of the molecule is COc1ccc(Oc2ccc(NCc3ccc(C(=O)O)o3)cc2)cc1. The summed E-state index contributed by atoms with van der Waals surface area (Å²) in [6.45, 7) is 0.395. The second kappa shape index (κ2) is 7.44. The van der Waals surface area contributed by atoms with Gasteiger partial charge in [-0.15, -0.1) is 0 Å². The molecule has 0 unspecified atom stereocenters. The molecule has 3 rings (SSSR count). The van der Waals surface area contributed by atoms with Gasteiger partial charge in [0.1, 0.15) is 23.0 Å². The maximum Gasteiger partial charge on any atom is 0.371 e. The average molecular weight is 339 g/mol. The second-order valence-electron chi connectivity index (χ2n) is 5.23. The van der Waals surface area contributed by atoms with Crippen LogP contribution in [0.25, 0.3) is 0 Å². The van der Waals surface area contributed by atoms with E-state index in [1.54, 1.807) is 13.2 Å². The molecule has 0 radical (unpaired) electrons. The van der Waals surface area contributed by atoms with Crippen molar-refractivity contribution in [2.75, 3.05) is 12.4 Å². The number of aromatic carboxylic acids is 1. The largest absolute Gasteiger partial charge is 0.497 e. The number of rotatable bonds is 7. The summed E-state index contributed by atoms with van der Waals surface area (Å²) < 4.78 is 16.1. The molecule has 0 spiro atoms. The van der Waals surface area contributed by atoms with Crippen LogP contribution in [0.15, 0.2) is 65.1 Å². The molecule has 2 N–H and O–H groups in total. The Kier molecular flexibility index (Phi) is 4.89. The molecular formula is C19H17NO5. The van der Waals surface area contributed by atoms with Gasteiger partial charge in [0.05, 0.1) is 13.7 Å². The van der Waals surface area contributed by atoms with Crippen LogP contribution in [0.3, 0.4) is 0 Å². The summed E-state index contributed by atoms with van der Waals surface area (Å²) in [5.74, 6) is 1.61. The fourth-order valence-corrected chi connectivity index (χ4v) is 2.20. The molecule has 1 heterocycles. The smallest absolute Gasteiger partial charge is 0.371 e. The number of furan rings is 1. The minimum Gasteiger partial charge on any atom is -0.497 e. The zero-order chi connectivity index (χ0) is 17.6. The van der Waals surface area contributed by atoms with Crippen molar-refractivity contribution in [3.63, 3.8) is 0 Å². The molecule has 25 heavy (non-hydrogen) atoms. The normalized spacial score (nSPS) is 10.3. The molecule has 0 aliphatic heterocycles. The molecule has 0 bridgehead atoms. The van der Waals surface area contributed by atoms with Gasteiger partial charge in [0.15, 0.2) is 0 Å². The molecule has 0 atom stereocenters. The van der Waals surface area contributed by atoms with Gasteiger partial charge in [-0.1, -0.05) is 0 Å². The summed E-state index contributed by atoms with van der Waals surface area (Å²) in [6, 6.07) is 17.8. The van der Waals surface area contributed by atoms with E-state index in [1.807, 2.05) is 48.5 Å². The van der Waals surface area contributed by atoms with E-state index < -0.39 is 5.97 Å². The Balaban J connectivity index is 1.56. The fraction of sp³-hybridized carbons (Fsp3) is 0.105. The van der Waals surface area contributed by atoms with E-state index in [-0.39, 0.29) is 5.76 Å². The highest BCUT2D eigenvalue weighted by atomic mass is 16.5. The van der Waals surface area contributed by atoms with Gasteiger partial charge in [0.2, 0.25) is 5.76 Å². The number of nitrogens with one attached hydrogen (secondary N) is 1. The van der Waals surface area contributed by atoms with Crippen LogP contribution in [-0.2, 0) is 6.54 Å². The van der Waals surface area contributed by atoms with Crippen molar-refractivity contribution < 1.29 is 23.8 Å². The van der Waals surface area contributed by atoms with Crippen molar-refractivity contribution in [1.82, 2.24) is 0 Å². The van der Waals surface area contributed by atoms with Crippen molar-refractivity contribution in [2.45, 2.75) is 6.54 Å². The van der Waals surface area contributed by atoms with Crippen LogP contribution in [-0.4, -0.2) is 18.2 Å². The lowest BCUT2D eigenvalue weighted by Crippen LogP contribution is -1.98. The van der Waals surface area contributed by atoms with Gasteiger partial charge in [0.25, 0.3) is 0 Å². The van der Waals surface area contributed by atoms with Gasteiger partial charge in [-0.05, 0) is 60.7 Å². The summed E-state index contributed by atoms with van der Waals surface area (Å²) in [5, 5.41) is 12.0. The minimum atomic E-state index is -1.08. The third-order valence-electron chi connectivity index (χ3n) is 3.49. The number of hydrogen-bond acceptors (Lipinski definition) is 5. The molecule has 6 heteroatoms. The first kappa shape index (κ1) is 16.4. The van der Waals surface area contributed by atoms with Crippen LogP contribution in [0.5, 0.6) is 17.2 Å². The van der Waals surface area contributed by atoms with Crippen LogP contribution in [0.4, 0.5) is 5.69 Å². The zero-order valence-electron chi connectivity index (χ0n) is 13.6. The number of hydrogen-bond donors (Lipinski definition) is 2. The van der Waals surface area contributed by atoms with Crippen molar-refractivity contribution in [2.24, 2.45) is 0 Å². The summed E-state index contributed by atoms with van der Waals surface area (Å²) in [7, 11) is 1.62. The Bertz CT molecular complexity index is 837. The van der Waals surface area contributed by atoms with Crippen LogP contribution >= 0.6 is 0 Å². The van der Waals surface area contributed by atoms with Gasteiger partial charge in [-0.2, -0.15) is 0 Å². The Labute approximate surface area is 144 Å². The van der Waals surface area contributed by atoms with Crippen LogP contribution in [0.2, 0.25) is 0 Å². The quantitative estimate of drug-likeness (QED) is 0.664. The number of carboxylic acid groups (broad SMARTS) is 1. The van der Waals surface area contributed by atoms with Crippen molar-refractivity contribution in [1.29, 1.82) is 0 Å². The lowest BCUT2D eigenvalue weighted by Gasteiger charge is -2.08. The Morgan fingerprint density at radius 1 is 0.960 bits per heavy atom. The first-order chi connectivity index (χ1) is 12.1. The molecule has 2 aromatic carbocycles. The van der Waals surface area contributed by atoms with Gasteiger partial charge in [0, 0.05) is 5.69 Å². The van der Waals surface area contributed by atoms with Crippen LogP contribution < -0.4 is 14.8 Å². The average Bonchev–Trinajstić information content (AvgIpc) is 3.11. The predicted octanol–water partition coefficient (Wildman–Crippen LogP) is 4.39. The molecular weight excluding hydrogens is 322 g/mol. The van der Waals surface area contributed by atoms with E-state index >= 15 is 0 Å². The van der Waals surface area contributed by atoms with Crippen LogP contribution in [0, 0.1) is 0 Å². The Morgan fingerprint density at radius 2 is 1.56 bits per heavy atom. The van der Waals surface area contributed by atoms with E-state index in [0.717, 1.165) is 17.2 Å². The molecule has 3 aromatic rings. The van der Waals surface area contributed by atoms with E-state index in [4.69, 9.17) is 19.0 Å². The van der Waals surface area contributed by atoms with Gasteiger partial charge in [-0.25, -0.2) is 4.79 Å². The summed E-state index contributed by atoms with van der Waals surface area (Å²) >= 11 is 0. The molecule has 0 fully saturated rings. The number of benzene rings is 2. The molecule has 0 saturated heterocycles. The lowest BCUT2D eigenvalue weighted by molar-refractivity contribution is 0.0660. The topological polar surface area (TPSA) is 80.9 Å². The highest BCUT2D eigenvalue weighted by Gasteiger charge is 2.08. The number of ether oxygens (including phenoxy) is 2. The van der Waals surface area contributed by atoms with Crippen molar-refractivity contribution in [3.8, 4) is 17.2 Å². The molecule has 0 aliphatic carbocycles. The van der Waals surface area contributed by atoms with Gasteiger partial charge in [-0.3, -0.25) is 0 Å². The number of carboxylic acids is 1. The third-order valence-corrected chi connectivity index (χ3v) is 3.49. The van der Waals surface area contributed by atoms with Crippen molar-refractivity contribution >= 4 is 11.7 Å². The first-order valence-electron chi connectivity index (χ1n) is 7.62. The molecule has 6 nitrogen and oxygen atoms in total. The predicted molar refractivity (Wildman–Crippen MR) is 92.5 cm³/mol. The maximum atomic E-state index is 10.8. The number of methoxy groups -OCH3 is 1.